The van der Waals surface area contributed by atoms with Gasteiger partial charge in [-0.3, -0.25) is 14.7 Å². The van der Waals surface area contributed by atoms with E-state index >= 15 is 0 Å². The number of carbonyl (C=O) groups excluding carboxylic acids is 1. The van der Waals surface area contributed by atoms with Crippen LogP contribution in [-0.4, -0.2) is 36.6 Å². The van der Waals surface area contributed by atoms with E-state index in [4.69, 9.17) is 13.6 Å². The van der Waals surface area contributed by atoms with Crippen molar-refractivity contribution in [3.63, 3.8) is 0 Å². The van der Waals surface area contributed by atoms with Crippen molar-refractivity contribution in [1.29, 1.82) is 0 Å². The maximum atomic E-state index is 11.8. The van der Waals surface area contributed by atoms with Crippen LogP contribution in [0.15, 0.2) is 23.2 Å². The third-order valence-corrected chi connectivity index (χ3v) is 2.90. The molecule has 17 heavy (non-hydrogen) atoms. The number of hydrogen-bond acceptors (Lipinski definition) is 4. The molecule has 0 aliphatic carbocycles. The van der Waals surface area contributed by atoms with Crippen molar-refractivity contribution in [2.24, 2.45) is 10.7 Å². The van der Waals surface area contributed by atoms with Gasteiger partial charge in [0, 0.05) is 7.05 Å². The van der Waals surface area contributed by atoms with E-state index in [1.54, 1.807) is 25.2 Å². The molecule has 0 saturated carbocycles. The van der Waals surface area contributed by atoms with Gasteiger partial charge in [0.05, 0.1) is 12.1 Å². The van der Waals surface area contributed by atoms with E-state index in [1.807, 2.05) is 6.92 Å². The first-order valence-corrected chi connectivity index (χ1v) is 5.27. The van der Waals surface area contributed by atoms with Crippen molar-refractivity contribution in [1.82, 2.24) is 9.88 Å². The lowest BCUT2D eigenvalue weighted by atomic mass is 9.90. The fraction of sp³-hybridized carbons (Fsp3) is 0.364. The highest BCUT2D eigenvalue weighted by Crippen LogP contribution is 2.30. The number of nitrogens with zero attached hydrogens (tertiary/aromatic N) is 3. The monoisotopic (exact) mass is 228 g/mol. The van der Waals surface area contributed by atoms with Gasteiger partial charge in [-0.15, -0.1) is 0 Å². The molecule has 0 unspecified atom stereocenters. The SMILES string of the molecule is [B]c1cccc([C@]2(C)CC(=O)N(C)C(N)=N2)n1. The molecule has 0 saturated heterocycles. The first kappa shape index (κ1) is 11.6. The zero-order chi connectivity index (χ0) is 12.6. The van der Waals surface area contributed by atoms with Crippen LogP contribution in [0.25, 0.3) is 0 Å². The Kier molecular flexibility index (Phi) is 2.65. The smallest absolute Gasteiger partial charge is 0.231 e. The molecule has 5 nitrogen and oxygen atoms in total. The summed E-state index contributed by atoms with van der Waals surface area (Å²) in [5.41, 5.74) is 6.04. The minimum Gasteiger partial charge on any atom is -0.369 e. The first-order valence-electron chi connectivity index (χ1n) is 5.27. The van der Waals surface area contributed by atoms with Crippen molar-refractivity contribution in [3.05, 3.63) is 23.9 Å². The molecule has 2 heterocycles. The van der Waals surface area contributed by atoms with Gasteiger partial charge >= 0.3 is 0 Å². The van der Waals surface area contributed by atoms with Gasteiger partial charge in [0.2, 0.25) is 5.91 Å². The van der Waals surface area contributed by atoms with E-state index in [1.165, 1.54) is 4.90 Å². The standard InChI is InChI=1S/C11H13BN4O/c1-11(7-4-3-5-8(12)14-7)6-9(17)16(2)10(13)15-11/h3-5H,6H2,1-2H3,(H2,13,15)/t11-/m0/s1. The second-order valence-electron chi connectivity index (χ2n) is 4.32. The molecule has 2 N–H and O–H groups in total. The maximum Gasteiger partial charge on any atom is 0.231 e. The fourth-order valence-corrected chi connectivity index (χ4v) is 1.81. The molecule has 0 spiro atoms. The number of rotatable bonds is 1. The zero-order valence-electron chi connectivity index (χ0n) is 9.84. The van der Waals surface area contributed by atoms with Crippen LogP contribution in [0, 0.1) is 0 Å². The lowest BCUT2D eigenvalue weighted by Gasteiger charge is -2.32. The summed E-state index contributed by atoms with van der Waals surface area (Å²) < 4.78 is 0. The van der Waals surface area contributed by atoms with Crippen LogP contribution >= 0.6 is 0 Å². The molecule has 0 aromatic carbocycles. The summed E-state index contributed by atoms with van der Waals surface area (Å²) >= 11 is 0. The van der Waals surface area contributed by atoms with E-state index in [0.29, 0.717) is 11.3 Å². The van der Waals surface area contributed by atoms with Crippen LogP contribution in [0.3, 0.4) is 0 Å². The third-order valence-electron chi connectivity index (χ3n) is 2.90. The average molecular weight is 228 g/mol. The van der Waals surface area contributed by atoms with Gasteiger partial charge in [-0.25, -0.2) is 4.99 Å². The number of hydrogen-bond donors (Lipinski definition) is 1. The largest absolute Gasteiger partial charge is 0.369 e. The van der Waals surface area contributed by atoms with Crippen molar-refractivity contribution in [2.45, 2.75) is 18.9 Å². The van der Waals surface area contributed by atoms with E-state index in [2.05, 4.69) is 9.98 Å². The highest BCUT2D eigenvalue weighted by molar-refractivity contribution is 6.30. The summed E-state index contributed by atoms with van der Waals surface area (Å²) in [6.07, 6.45) is 0.237. The fourth-order valence-electron chi connectivity index (χ4n) is 1.81. The molecule has 1 aromatic rings. The minimum atomic E-state index is -0.733. The lowest BCUT2D eigenvalue weighted by Crippen LogP contribution is -2.48. The predicted octanol–water partition coefficient (Wildman–Crippen LogP) is -0.733. The second kappa shape index (κ2) is 3.87. The molecular formula is C11H13BN4O. The summed E-state index contributed by atoms with van der Waals surface area (Å²) in [6, 6.07) is 5.28. The molecule has 2 rings (SSSR count). The quantitative estimate of drug-likeness (QED) is 0.644. The lowest BCUT2D eigenvalue weighted by molar-refractivity contribution is -0.128. The van der Waals surface area contributed by atoms with Crippen LogP contribution in [0.2, 0.25) is 0 Å². The Labute approximate surface area is 101 Å². The summed E-state index contributed by atoms with van der Waals surface area (Å²) in [6.45, 7) is 1.83. The third kappa shape index (κ3) is 2.02. The summed E-state index contributed by atoms with van der Waals surface area (Å²) in [4.78, 5) is 21.7. The molecule has 1 atom stereocenters. The Balaban J connectivity index is 2.47. The Bertz CT molecular complexity index is 502. The molecule has 1 aliphatic heterocycles. The molecular weight excluding hydrogens is 215 g/mol. The topological polar surface area (TPSA) is 71.6 Å². The Hall–Kier alpha value is -1.85. The predicted molar refractivity (Wildman–Crippen MR) is 66.0 cm³/mol. The molecule has 1 aliphatic rings. The molecule has 0 bridgehead atoms. The zero-order valence-corrected chi connectivity index (χ0v) is 9.84. The number of pyridine rings is 1. The van der Waals surface area contributed by atoms with Gasteiger partial charge in [0.15, 0.2) is 5.96 Å². The van der Waals surface area contributed by atoms with Gasteiger partial charge < -0.3 is 5.73 Å². The van der Waals surface area contributed by atoms with E-state index in [9.17, 15) is 4.79 Å². The summed E-state index contributed by atoms with van der Waals surface area (Å²) in [5.74, 6) is 0.122. The van der Waals surface area contributed by atoms with Gasteiger partial charge in [0.1, 0.15) is 13.4 Å². The van der Waals surface area contributed by atoms with Crippen LogP contribution < -0.4 is 11.3 Å². The average Bonchev–Trinajstić information content (AvgIpc) is 2.26. The van der Waals surface area contributed by atoms with Crippen molar-refractivity contribution in [3.8, 4) is 0 Å². The number of carbonyl (C=O) groups is 1. The molecule has 2 radical (unpaired) electrons. The highest BCUT2D eigenvalue weighted by Gasteiger charge is 2.37. The molecule has 6 heteroatoms. The van der Waals surface area contributed by atoms with Crippen molar-refractivity contribution >= 4 is 25.3 Å². The Morgan fingerprint density at radius 3 is 2.82 bits per heavy atom. The Morgan fingerprint density at radius 1 is 1.53 bits per heavy atom. The van der Waals surface area contributed by atoms with Crippen molar-refractivity contribution < 1.29 is 4.79 Å². The van der Waals surface area contributed by atoms with E-state index in [0.717, 1.165) is 0 Å². The van der Waals surface area contributed by atoms with Gasteiger partial charge in [-0.2, -0.15) is 0 Å². The normalized spacial score (nSPS) is 24.7. The minimum absolute atomic E-state index is 0.0794. The molecule has 86 valence electrons. The van der Waals surface area contributed by atoms with Crippen LogP contribution in [0.4, 0.5) is 0 Å². The highest BCUT2D eigenvalue weighted by atomic mass is 16.2. The summed E-state index contributed by atoms with van der Waals surface area (Å²) in [7, 11) is 7.24. The van der Waals surface area contributed by atoms with Crippen LogP contribution in [0.1, 0.15) is 19.0 Å². The van der Waals surface area contributed by atoms with Crippen molar-refractivity contribution in [2.75, 3.05) is 7.05 Å². The maximum absolute atomic E-state index is 11.8. The first-order chi connectivity index (χ1) is 7.92. The van der Waals surface area contributed by atoms with E-state index < -0.39 is 5.54 Å². The van der Waals surface area contributed by atoms with Crippen LogP contribution in [0.5, 0.6) is 0 Å². The number of aromatic nitrogens is 1. The number of nitrogens with two attached hydrogens (primary N) is 1. The second-order valence-corrected chi connectivity index (χ2v) is 4.32. The van der Waals surface area contributed by atoms with Gasteiger partial charge in [-0.05, 0) is 18.6 Å². The molecule has 1 aromatic heterocycles. The molecule has 0 fully saturated rings. The van der Waals surface area contributed by atoms with E-state index in [-0.39, 0.29) is 18.3 Å². The molecule has 1 amide bonds. The van der Waals surface area contributed by atoms with Gasteiger partial charge in [-0.1, -0.05) is 12.1 Å². The summed E-state index contributed by atoms with van der Waals surface area (Å²) in [5, 5.41) is 0. The Morgan fingerprint density at radius 2 is 2.24 bits per heavy atom. The number of amides is 1. The number of aliphatic imine (C=N–C) groups is 1. The van der Waals surface area contributed by atoms with Crippen LogP contribution in [-0.2, 0) is 10.3 Å². The van der Waals surface area contributed by atoms with Gasteiger partial charge in [0.25, 0.3) is 0 Å². The number of guanidine groups is 1.